The van der Waals surface area contributed by atoms with Gasteiger partial charge in [-0.15, -0.1) is 5.54 Å². The molecule has 0 aromatic heterocycles. The number of hydrogen-bond acceptors (Lipinski definition) is 2. The van der Waals surface area contributed by atoms with Gasteiger partial charge in [0.05, 0.1) is 0 Å². The van der Waals surface area contributed by atoms with E-state index < -0.39 is 22.5 Å². The summed E-state index contributed by atoms with van der Waals surface area (Å²) in [5, 5.41) is 10.0. The average molecular weight is 329 g/mol. The number of hydrogen-bond donors (Lipinski definition) is 1. The Balaban J connectivity index is 4.68. The van der Waals surface area contributed by atoms with Crippen LogP contribution < -0.4 is 0 Å². The van der Waals surface area contributed by atoms with Gasteiger partial charge in [-0.25, -0.2) is 0 Å². The summed E-state index contributed by atoms with van der Waals surface area (Å²) in [6.07, 6.45) is 0.0770. The Hall–Kier alpha value is -0.0862. The molecule has 1 N–H and O–H groups in total. The molecule has 0 aliphatic carbocycles. The van der Waals surface area contributed by atoms with Crippen molar-refractivity contribution < 1.29 is 9.53 Å². The minimum Gasteiger partial charge on any atom is -0.416 e. The third-order valence-corrected chi connectivity index (χ3v) is 11.1. The fourth-order valence-electron chi connectivity index (χ4n) is 3.22. The first-order valence-corrected chi connectivity index (χ1v) is 13.9. The van der Waals surface area contributed by atoms with Crippen LogP contribution in [0.5, 0.6) is 0 Å². The van der Waals surface area contributed by atoms with Crippen molar-refractivity contribution >= 4 is 16.4 Å². The lowest BCUT2D eigenvalue weighted by Crippen LogP contribution is -2.48. The molecule has 0 aromatic carbocycles. The molecule has 21 heavy (non-hydrogen) atoms. The summed E-state index contributed by atoms with van der Waals surface area (Å²) >= 11 is 0. The Morgan fingerprint density at radius 1 is 0.905 bits per heavy atom. The van der Waals surface area contributed by atoms with E-state index in [9.17, 15) is 5.11 Å². The largest absolute Gasteiger partial charge is 0.416 e. The molecular formula is C17H36O2Si2. The van der Waals surface area contributed by atoms with Crippen molar-refractivity contribution in [1.82, 2.24) is 0 Å². The molecule has 0 rings (SSSR count). The monoisotopic (exact) mass is 328 g/mol. The quantitative estimate of drug-likeness (QED) is 0.537. The van der Waals surface area contributed by atoms with Gasteiger partial charge in [-0.05, 0) is 16.6 Å². The van der Waals surface area contributed by atoms with Crippen LogP contribution in [0.15, 0.2) is 0 Å². The molecule has 1 atom stereocenters. The minimum absolute atomic E-state index is 0.546. The lowest BCUT2D eigenvalue weighted by atomic mass is 10.3. The maximum atomic E-state index is 10.0. The highest BCUT2D eigenvalue weighted by Gasteiger charge is 2.44. The molecule has 0 aliphatic rings. The van der Waals surface area contributed by atoms with Crippen molar-refractivity contribution in [2.45, 2.75) is 90.3 Å². The Morgan fingerprint density at radius 3 is 1.67 bits per heavy atom. The zero-order valence-corrected chi connectivity index (χ0v) is 17.6. The second-order valence-electron chi connectivity index (χ2n) is 7.99. The summed E-state index contributed by atoms with van der Waals surface area (Å²) < 4.78 is 6.44. The summed E-state index contributed by atoms with van der Waals surface area (Å²) in [5.41, 5.74) is 4.99. The first-order valence-electron chi connectivity index (χ1n) is 8.28. The van der Waals surface area contributed by atoms with Crippen molar-refractivity contribution in [1.29, 1.82) is 0 Å². The maximum absolute atomic E-state index is 10.0. The Morgan fingerprint density at radius 2 is 1.33 bits per heavy atom. The average Bonchev–Trinajstić information content (AvgIpc) is 2.29. The van der Waals surface area contributed by atoms with Crippen LogP contribution in [-0.4, -0.2) is 34.2 Å². The van der Waals surface area contributed by atoms with Crippen LogP contribution in [0.3, 0.4) is 0 Å². The first-order chi connectivity index (χ1) is 9.43. The zero-order chi connectivity index (χ0) is 16.8. The molecular weight excluding hydrogens is 292 g/mol. The van der Waals surface area contributed by atoms with Gasteiger partial charge in [0.25, 0.3) is 0 Å². The van der Waals surface area contributed by atoms with E-state index >= 15 is 0 Å². The number of rotatable bonds is 7. The molecule has 0 saturated heterocycles. The molecule has 0 aromatic rings. The molecule has 0 radical (unpaired) electrons. The van der Waals surface area contributed by atoms with E-state index in [1.165, 1.54) is 0 Å². The highest BCUT2D eigenvalue weighted by atomic mass is 28.4. The Labute approximate surface area is 134 Å². The van der Waals surface area contributed by atoms with Crippen molar-refractivity contribution in [2.24, 2.45) is 0 Å². The Kier molecular flexibility index (Phi) is 8.49. The fourth-order valence-corrected chi connectivity index (χ4v) is 9.29. The first kappa shape index (κ1) is 20.9. The third kappa shape index (κ3) is 6.69. The highest BCUT2D eigenvalue weighted by Crippen LogP contribution is 2.42. The second-order valence-corrected chi connectivity index (χ2v) is 18.2. The van der Waals surface area contributed by atoms with Crippen molar-refractivity contribution in [3.05, 3.63) is 0 Å². The van der Waals surface area contributed by atoms with E-state index in [0.29, 0.717) is 29.7 Å². The predicted molar refractivity (Wildman–Crippen MR) is 98.7 cm³/mol. The van der Waals surface area contributed by atoms with Gasteiger partial charge in [0, 0.05) is 13.0 Å². The summed E-state index contributed by atoms with van der Waals surface area (Å²) in [5.74, 6) is 3.00. The summed E-state index contributed by atoms with van der Waals surface area (Å²) in [7, 11) is -3.21. The molecule has 4 heteroatoms. The van der Waals surface area contributed by atoms with Gasteiger partial charge in [0.15, 0.2) is 8.32 Å². The van der Waals surface area contributed by atoms with E-state index in [1.54, 1.807) is 0 Å². The molecule has 0 amide bonds. The predicted octanol–water partition coefficient (Wildman–Crippen LogP) is 4.81. The van der Waals surface area contributed by atoms with Gasteiger partial charge in [0.2, 0.25) is 0 Å². The van der Waals surface area contributed by atoms with Gasteiger partial charge in [-0.3, -0.25) is 0 Å². The summed E-state index contributed by atoms with van der Waals surface area (Å²) in [4.78, 5) is 0. The van der Waals surface area contributed by atoms with Gasteiger partial charge in [-0.1, -0.05) is 67.1 Å². The van der Waals surface area contributed by atoms with Gasteiger partial charge < -0.3 is 9.53 Å². The van der Waals surface area contributed by atoms with E-state index in [4.69, 9.17) is 4.43 Å². The lowest BCUT2D eigenvalue weighted by molar-refractivity contribution is 0.176. The number of aliphatic hydroxyl groups is 1. The van der Waals surface area contributed by atoms with Crippen LogP contribution in [0.25, 0.3) is 0 Å². The van der Waals surface area contributed by atoms with Crippen LogP contribution in [0, 0.1) is 11.5 Å². The lowest BCUT2D eigenvalue weighted by Gasteiger charge is -2.42. The molecule has 0 fully saturated rings. The van der Waals surface area contributed by atoms with Crippen LogP contribution in [0.1, 0.15) is 48.0 Å². The van der Waals surface area contributed by atoms with Gasteiger partial charge in [0.1, 0.15) is 14.2 Å². The second kappa shape index (κ2) is 8.52. The SMILES string of the molecule is CC(C)[Si](OCC[C@H](O)C#C[Si](C)(C)C)(C(C)C)C(C)C. The van der Waals surface area contributed by atoms with Crippen molar-refractivity contribution in [2.75, 3.05) is 6.61 Å². The molecule has 0 aliphatic heterocycles. The Bertz CT molecular complexity index is 337. The maximum Gasteiger partial charge on any atom is 0.200 e. The van der Waals surface area contributed by atoms with Crippen LogP contribution in [0.2, 0.25) is 36.3 Å². The van der Waals surface area contributed by atoms with Crippen LogP contribution in [0.4, 0.5) is 0 Å². The summed E-state index contributed by atoms with van der Waals surface area (Å²) in [6.45, 7) is 20.9. The molecule has 0 bridgehead atoms. The van der Waals surface area contributed by atoms with E-state index in [1.807, 2.05) is 0 Å². The number of aliphatic hydroxyl groups excluding tert-OH is 1. The molecule has 0 unspecified atom stereocenters. The smallest absolute Gasteiger partial charge is 0.200 e. The zero-order valence-electron chi connectivity index (χ0n) is 15.6. The van der Waals surface area contributed by atoms with E-state index in [-0.39, 0.29) is 0 Å². The molecule has 124 valence electrons. The normalized spacial score (nSPS) is 14.5. The van der Waals surface area contributed by atoms with Crippen molar-refractivity contribution in [3.63, 3.8) is 0 Å². The summed E-state index contributed by atoms with van der Waals surface area (Å²) in [6, 6.07) is 0. The van der Waals surface area contributed by atoms with Crippen LogP contribution >= 0.6 is 0 Å². The van der Waals surface area contributed by atoms with E-state index in [0.717, 1.165) is 0 Å². The standard InChI is InChI=1S/C17H36O2Si2/c1-14(2)21(15(3)4,16(5)6)19-12-10-17(18)11-13-20(7,8)9/h14-18H,10,12H2,1-9H3/t17-/m0/s1. The third-order valence-electron chi connectivity index (χ3n) is 4.06. The van der Waals surface area contributed by atoms with Gasteiger partial charge >= 0.3 is 0 Å². The molecule has 2 nitrogen and oxygen atoms in total. The molecule has 0 saturated carbocycles. The molecule has 0 spiro atoms. The topological polar surface area (TPSA) is 29.5 Å². The van der Waals surface area contributed by atoms with Crippen LogP contribution in [-0.2, 0) is 4.43 Å². The minimum atomic E-state index is -1.80. The fraction of sp³-hybridized carbons (Fsp3) is 0.882. The highest BCUT2D eigenvalue weighted by molar-refractivity contribution is 6.83. The van der Waals surface area contributed by atoms with Crippen molar-refractivity contribution in [3.8, 4) is 11.5 Å². The van der Waals surface area contributed by atoms with E-state index in [2.05, 4.69) is 72.6 Å². The molecule has 0 heterocycles. The van der Waals surface area contributed by atoms with Gasteiger partial charge in [-0.2, -0.15) is 0 Å².